The molecule has 3 atom stereocenters. The van der Waals surface area contributed by atoms with Gasteiger partial charge in [-0.25, -0.2) is 4.98 Å². The maximum atomic E-state index is 13.1. The van der Waals surface area contributed by atoms with E-state index >= 15 is 0 Å². The van der Waals surface area contributed by atoms with Crippen LogP contribution in [0.4, 0.5) is 0 Å². The second kappa shape index (κ2) is 13.4. The van der Waals surface area contributed by atoms with Gasteiger partial charge in [0, 0.05) is 23.9 Å². The van der Waals surface area contributed by atoms with Crippen molar-refractivity contribution in [2.24, 2.45) is 0 Å². The third-order valence-corrected chi connectivity index (χ3v) is 9.46. The summed E-state index contributed by atoms with van der Waals surface area (Å²) in [7, 11) is 0. The van der Waals surface area contributed by atoms with Gasteiger partial charge < -0.3 is 14.6 Å². The molecule has 0 bridgehead atoms. The maximum absolute atomic E-state index is 13.1. The number of aliphatic hydroxyl groups excluding tert-OH is 1. The first-order valence-corrected chi connectivity index (χ1v) is 16.2. The fourth-order valence-corrected chi connectivity index (χ4v) is 6.83. The van der Waals surface area contributed by atoms with Crippen molar-refractivity contribution in [1.82, 2.24) is 9.88 Å². The molecule has 1 saturated heterocycles. The molecule has 5 aromatic rings. The number of aliphatic hydroxyl groups is 1. The molecule has 230 valence electrons. The van der Waals surface area contributed by atoms with Gasteiger partial charge in [-0.1, -0.05) is 91.0 Å². The molecule has 1 aromatic heterocycles. The molecule has 46 heavy (non-hydrogen) atoms. The van der Waals surface area contributed by atoms with Crippen LogP contribution in [0.25, 0.3) is 11.1 Å². The molecular weight excluding hydrogens is 596 g/mol. The Morgan fingerprint density at radius 1 is 0.739 bits per heavy atom. The van der Waals surface area contributed by atoms with E-state index in [1.54, 1.807) is 42.2 Å². The zero-order chi connectivity index (χ0) is 31.5. The fraction of sp³-hybridized carbons (Fsp3) is 0.184. The molecule has 2 amide bonds. The number of carbonyl (C=O) groups excluding carboxylic acids is 2. The average molecular weight is 629 g/mol. The third-order valence-electron chi connectivity index (χ3n) is 8.39. The van der Waals surface area contributed by atoms with Crippen molar-refractivity contribution in [3.05, 3.63) is 155 Å². The zero-order valence-electron chi connectivity index (χ0n) is 25.0. The Balaban J connectivity index is 1.11. The Labute approximate surface area is 271 Å². The van der Waals surface area contributed by atoms with E-state index in [9.17, 15) is 14.7 Å². The molecule has 4 aromatic carbocycles. The summed E-state index contributed by atoms with van der Waals surface area (Å²) in [5.41, 5.74) is 6.47. The lowest BCUT2D eigenvalue weighted by molar-refractivity contribution is -0.245. The maximum Gasteiger partial charge on any atom is 0.261 e. The Kier molecular flexibility index (Phi) is 8.76. The van der Waals surface area contributed by atoms with E-state index in [4.69, 9.17) is 9.47 Å². The highest BCUT2D eigenvalue weighted by atomic mass is 32.2. The van der Waals surface area contributed by atoms with Gasteiger partial charge in [0.1, 0.15) is 0 Å². The summed E-state index contributed by atoms with van der Waals surface area (Å²) in [4.78, 5) is 31.9. The van der Waals surface area contributed by atoms with E-state index in [2.05, 4.69) is 4.98 Å². The van der Waals surface area contributed by atoms with Crippen LogP contribution in [0.2, 0.25) is 0 Å². The van der Waals surface area contributed by atoms with Crippen molar-refractivity contribution in [3.63, 3.8) is 0 Å². The van der Waals surface area contributed by atoms with Gasteiger partial charge >= 0.3 is 0 Å². The number of fused-ring (bicyclic) bond motifs is 1. The minimum absolute atomic E-state index is 0.00530. The fourth-order valence-electron chi connectivity index (χ4n) is 5.95. The minimum atomic E-state index is -0.576. The normalized spacial score (nSPS) is 19.3. The molecular formula is C38H32N2O5S. The lowest BCUT2D eigenvalue weighted by Gasteiger charge is -2.36. The zero-order valence-corrected chi connectivity index (χ0v) is 25.8. The van der Waals surface area contributed by atoms with E-state index in [0.29, 0.717) is 17.5 Å². The number of hydrogen-bond acceptors (Lipinski definition) is 7. The summed E-state index contributed by atoms with van der Waals surface area (Å²) < 4.78 is 13.0. The van der Waals surface area contributed by atoms with Crippen molar-refractivity contribution in [1.29, 1.82) is 0 Å². The standard InChI is InChI=1S/C38H32N2O5S/c41-23-25-12-14-27(15-13-25)34-21-30(24-46-35-11-5-6-20-39-35)44-38(45-34)28-18-16-26(17-19-28)31-8-2-1-7-29(31)22-40-36(42)32-9-3-4-10-33(32)37(40)43/h1-20,30,34,38,41H,21-24H2/t30-,34+,38+/m1/s1. The van der Waals surface area contributed by atoms with E-state index < -0.39 is 6.29 Å². The van der Waals surface area contributed by atoms with Crippen LogP contribution in [-0.4, -0.2) is 38.7 Å². The predicted molar refractivity (Wildman–Crippen MR) is 176 cm³/mol. The first-order valence-electron chi connectivity index (χ1n) is 15.3. The first-order chi connectivity index (χ1) is 22.6. The SMILES string of the molecule is O=C1c2ccccc2C(=O)N1Cc1ccccc1-c1ccc([C@H]2O[C@@H](CSc3ccccn3)C[C@@H](c3ccc(CO)cc3)O2)cc1. The highest BCUT2D eigenvalue weighted by Gasteiger charge is 2.36. The van der Waals surface area contributed by atoms with E-state index in [-0.39, 0.29) is 37.2 Å². The monoisotopic (exact) mass is 628 g/mol. The van der Waals surface area contributed by atoms with Gasteiger partial charge in [0.15, 0.2) is 6.29 Å². The second-order valence-corrected chi connectivity index (χ2v) is 12.4. The molecule has 7 rings (SSSR count). The Morgan fingerprint density at radius 3 is 2.07 bits per heavy atom. The van der Waals surface area contributed by atoms with Gasteiger partial charge in [0.05, 0.1) is 41.5 Å². The molecule has 0 spiro atoms. The number of rotatable bonds is 9. The van der Waals surface area contributed by atoms with E-state index in [1.165, 1.54) is 4.90 Å². The van der Waals surface area contributed by atoms with Gasteiger partial charge in [0.25, 0.3) is 11.8 Å². The van der Waals surface area contributed by atoms with Crippen molar-refractivity contribution in [2.75, 3.05) is 5.75 Å². The van der Waals surface area contributed by atoms with Gasteiger partial charge in [0.2, 0.25) is 0 Å². The van der Waals surface area contributed by atoms with Crippen LogP contribution < -0.4 is 0 Å². The van der Waals surface area contributed by atoms with E-state index in [0.717, 1.165) is 44.2 Å². The molecule has 0 saturated carbocycles. The number of nitrogens with zero attached hydrogens (tertiary/aromatic N) is 2. The summed E-state index contributed by atoms with van der Waals surface area (Å²) >= 11 is 1.66. The molecule has 1 fully saturated rings. The number of pyridine rings is 1. The molecule has 3 heterocycles. The van der Waals surface area contributed by atoms with Gasteiger partial charge in [-0.2, -0.15) is 0 Å². The lowest BCUT2D eigenvalue weighted by Crippen LogP contribution is -2.31. The smallest absolute Gasteiger partial charge is 0.261 e. The average Bonchev–Trinajstić information content (AvgIpc) is 3.36. The summed E-state index contributed by atoms with van der Waals surface area (Å²) in [5, 5.41) is 10.5. The molecule has 2 aliphatic heterocycles. The van der Waals surface area contributed by atoms with E-state index in [1.807, 2.05) is 91.0 Å². The van der Waals surface area contributed by atoms with Gasteiger partial charge in [-0.3, -0.25) is 14.5 Å². The van der Waals surface area contributed by atoms with Crippen LogP contribution >= 0.6 is 11.8 Å². The lowest BCUT2D eigenvalue weighted by atomic mass is 9.97. The van der Waals surface area contributed by atoms with Crippen LogP contribution in [0, 0.1) is 0 Å². The van der Waals surface area contributed by atoms with Crippen molar-refractivity contribution >= 4 is 23.6 Å². The predicted octanol–water partition coefficient (Wildman–Crippen LogP) is 7.37. The number of imide groups is 1. The minimum Gasteiger partial charge on any atom is -0.392 e. The van der Waals surface area contributed by atoms with Gasteiger partial charge in [-0.15, -0.1) is 11.8 Å². The highest BCUT2D eigenvalue weighted by molar-refractivity contribution is 7.99. The number of amides is 2. The number of carbonyl (C=O) groups is 2. The molecule has 2 aliphatic rings. The number of hydrogen-bond donors (Lipinski definition) is 1. The van der Waals surface area contributed by atoms with Gasteiger partial charge in [-0.05, 0) is 52.1 Å². The Bertz CT molecular complexity index is 1810. The van der Waals surface area contributed by atoms with Crippen LogP contribution in [0.5, 0.6) is 0 Å². The van der Waals surface area contributed by atoms with Crippen molar-refractivity contribution < 1.29 is 24.2 Å². The Hall–Kier alpha value is -4.60. The molecule has 7 nitrogen and oxygen atoms in total. The molecule has 0 unspecified atom stereocenters. The molecule has 0 aliphatic carbocycles. The van der Waals surface area contributed by atoms with Crippen LogP contribution in [0.15, 0.2) is 126 Å². The quantitative estimate of drug-likeness (QED) is 0.135. The summed E-state index contributed by atoms with van der Waals surface area (Å²) in [6.07, 6.45) is 1.65. The second-order valence-electron chi connectivity index (χ2n) is 11.4. The Morgan fingerprint density at radius 2 is 1.39 bits per heavy atom. The summed E-state index contributed by atoms with van der Waals surface area (Å²) in [6.45, 7) is 0.181. The van der Waals surface area contributed by atoms with Crippen LogP contribution in [0.1, 0.15) is 61.8 Å². The van der Waals surface area contributed by atoms with Crippen LogP contribution in [0.3, 0.4) is 0 Å². The third kappa shape index (κ3) is 6.25. The van der Waals surface area contributed by atoms with Crippen molar-refractivity contribution in [2.45, 2.75) is 43.1 Å². The molecule has 0 radical (unpaired) electrons. The summed E-state index contributed by atoms with van der Waals surface area (Å²) in [6, 6.07) is 36.6. The van der Waals surface area contributed by atoms with Crippen molar-refractivity contribution in [3.8, 4) is 11.1 Å². The number of thioether (sulfide) groups is 1. The highest BCUT2D eigenvalue weighted by Crippen LogP contribution is 2.40. The van der Waals surface area contributed by atoms with Crippen LogP contribution in [-0.2, 0) is 22.6 Å². The number of ether oxygens (including phenoxy) is 2. The molecule has 8 heteroatoms. The first kappa shape index (κ1) is 30.1. The number of aromatic nitrogens is 1. The number of benzene rings is 4. The topological polar surface area (TPSA) is 89.0 Å². The molecule has 1 N–H and O–H groups in total. The largest absolute Gasteiger partial charge is 0.392 e. The summed E-state index contributed by atoms with van der Waals surface area (Å²) in [5.74, 6) is 0.188.